The van der Waals surface area contributed by atoms with Gasteiger partial charge in [-0.2, -0.15) is 0 Å². The van der Waals surface area contributed by atoms with E-state index in [2.05, 4.69) is 10.6 Å². The molecule has 1 aromatic carbocycles. The first-order valence-corrected chi connectivity index (χ1v) is 7.73. The number of hydrogen-bond donors (Lipinski definition) is 3. The zero-order valence-corrected chi connectivity index (χ0v) is 13.5. The summed E-state index contributed by atoms with van der Waals surface area (Å²) in [6.07, 6.45) is 0.699. The summed E-state index contributed by atoms with van der Waals surface area (Å²) in [4.78, 5) is 23.6. The number of benzene rings is 1. The smallest absolute Gasteiger partial charge is 0.320 e. The number of carboxylic acid groups (broad SMARTS) is 1. The highest BCUT2D eigenvalue weighted by atomic mass is 19.1. The zero-order chi connectivity index (χ0) is 17.0. The maximum atomic E-state index is 14.5. The number of carbonyl (C=O) groups is 2. The molecule has 0 aromatic heterocycles. The number of hydrogen-bond acceptors (Lipinski definition) is 3. The summed E-state index contributed by atoms with van der Waals surface area (Å²) in [5, 5.41) is 14.8. The van der Waals surface area contributed by atoms with Crippen LogP contribution in [0.1, 0.15) is 38.3 Å². The third kappa shape index (κ3) is 2.61. The van der Waals surface area contributed by atoms with E-state index in [0.717, 1.165) is 0 Å². The quantitative estimate of drug-likeness (QED) is 0.779. The number of fused-ring (bicyclic) bond motifs is 2. The van der Waals surface area contributed by atoms with E-state index in [4.69, 9.17) is 5.11 Å². The van der Waals surface area contributed by atoms with Crippen molar-refractivity contribution in [3.05, 3.63) is 29.1 Å². The minimum Gasteiger partial charge on any atom is -0.480 e. The maximum Gasteiger partial charge on any atom is 0.320 e. The Morgan fingerprint density at radius 1 is 1.43 bits per heavy atom. The number of anilines is 1. The molecule has 6 heteroatoms. The lowest BCUT2D eigenvalue weighted by atomic mass is 9.78. The first-order chi connectivity index (χ1) is 10.6. The highest BCUT2D eigenvalue weighted by Crippen LogP contribution is 2.44. The average molecular weight is 320 g/mol. The van der Waals surface area contributed by atoms with E-state index < -0.39 is 17.4 Å². The van der Waals surface area contributed by atoms with E-state index in [1.54, 1.807) is 6.07 Å². The summed E-state index contributed by atoms with van der Waals surface area (Å²) in [6, 6.07) is 2.31. The van der Waals surface area contributed by atoms with Crippen molar-refractivity contribution in [2.24, 2.45) is 5.41 Å². The first kappa shape index (κ1) is 15.9. The van der Waals surface area contributed by atoms with Crippen molar-refractivity contribution in [3.63, 3.8) is 0 Å². The topological polar surface area (TPSA) is 78.4 Å². The van der Waals surface area contributed by atoms with Gasteiger partial charge in [0.15, 0.2) is 0 Å². The molecule has 1 saturated heterocycles. The van der Waals surface area contributed by atoms with Crippen molar-refractivity contribution in [2.75, 3.05) is 11.9 Å². The van der Waals surface area contributed by atoms with Crippen LogP contribution in [0.5, 0.6) is 0 Å². The highest BCUT2D eigenvalue weighted by Gasteiger charge is 2.53. The van der Waals surface area contributed by atoms with E-state index in [1.807, 2.05) is 20.8 Å². The van der Waals surface area contributed by atoms with E-state index >= 15 is 0 Å². The molecule has 124 valence electrons. The largest absolute Gasteiger partial charge is 0.480 e. The summed E-state index contributed by atoms with van der Waals surface area (Å²) >= 11 is 0. The van der Waals surface area contributed by atoms with Crippen molar-refractivity contribution in [3.8, 4) is 0 Å². The van der Waals surface area contributed by atoms with Gasteiger partial charge in [0.1, 0.15) is 11.9 Å². The molecule has 0 saturated carbocycles. The molecule has 1 fully saturated rings. The lowest BCUT2D eigenvalue weighted by molar-refractivity contribution is -0.139. The molecular formula is C17H21FN2O3. The van der Waals surface area contributed by atoms with Crippen LogP contribution in [0.3, 0.4) is 0 Å². The monoisotopic (exact) mass is 320 g/mol. The van der Waals surface area contributed by atoms with Crippen LogP contribution in [0.4, 0.5) is 10.1 Å². The predicted octanol–water partition coefficient (Wildman–Crippen LogP) is 2.05. The second kappa shape index (κ2) is 5.03. The molecule has 1 spiro atoms. The van der Waals surface area contributed by atoms with Gasteiger partial charge < -0.3 is 15.7 Å². The molecule has 0 bridgehead atoms. The number of rotatable bonds is 2. The summed E-state index contributed by atoms with van der Waals surface area (Å²) in [7, 11) is 0. The molecule has 1 aromatic rings. The van der Waals surface area contributed by atoms with Crippen LogP contribution in [0.2, 0.25) is 0 Å². The lowest BCUT2D eigenvalue weighted by Gasteiger charge is -2.22. The van der Waals surface area contributed by atoms with Gasteiger partial charge in [0, 0.05) is 12.2 Å². The molecule has 5 nitrogen and oxygen atoms in total. The lowest BCUT2D eigenvalue weighted by Crippen LogP contribution is -2.36. The molecule has 1 amide bonds. The molecule has 2 aliphatic rings. The van der Waals surface area contributed by atoms with Gasteiger partial charge in [-0.3, -0.25) is 9.59 Å². The molecule has 3 rings (SSSR count). The molecule has 2 atom stereocenters. The second-order valence-electron chi connectivity index (χ2n) is 7.74. The minimum atomic E-state index is -0.993. The van der Waals surface area contributed by atoms with Crippen molar-refractivity contribution >= 4 is 17.6 Å². The van der Waals surface area contributed by atoms with Crippen LogP contribution in [0, 0.1) is 11.2 Å². The zero-order valence-electron chi connectivity index (χ0n) is 13.5. The third-order valence-electron chi connectivity index (χ3n) is 4.61. The Bertz CT molecular complexity index is 696. The number of nitrogens with one attached hydrogen (secondary N) is 2. The van der Waals surface area contributed by atoms with Gasteiger partial charge in [0.05, 0.1) is 5.41 Å². The summed E-state index contributed by atoms with van der Waals surface area (Å²) < 4.78 is 14.5. The van der Waals surface area contributed by atoms with Crippen molar-refractivity contribution < 1.29 is 19.1 Å². The number of aliphatic carboxylic acids is 1. The van der Waals surface area contributed by atoms with Gasteiger partial charge in [-0.25, -0.2) is 4.39 Å². The number of carbonyl (C=O) groups excluding carboxylic acids is 1. The van der Waals surface area contributed by atoms with Gasteiger partial charge in [-0.15, -0.1) is 0 Å². The van der Waals surface area contributed by atoms with E-state index in [0.29, 0.717) is 23.2 Å². The molecule has 3 N–H and O–H groups in total. The molecule has 0 aliphatic carbocycles. The predicted molar refractivity (Wildman–Crippen MR) is 83.9 cm³/mol. The highest BCUT2D eigenvalue weighted by molar-refractivity contribution is 6.07. The van der Waals surface area contributed by atoms with Crippen LogP contribution >= 0.6 is 0 Å². The maximum absolute atomic E-state index is 14.5. The van der Waals surface area contributed by atoms with Crippen LogP contribution in [-0.4, -0.2) is 29.6 Å². The van der Waals surface area contributed by atoms with E-state index in [9.17, 15) is 14.0 Å². The van der Waals surface area contributed by atoms with Gasteiger partial charge in [-0.05, 0) is 41.5 Å². The average Bonchev–Trinajstić information content (AvgIpc) is 2.96. The van der Waals surface area contributed by atoms with Crippen molar-refractivity contribution in [2.45, 2.75) is 45.1 Å². The Morgan fingerprint density at radius 3 is 2.70 bits per heavy atom. The van der Waals surface area contributed by atoms with Crippen LogP contribution in [-0.2, 0) is 21.4 Å². The summed E-state index contributed by atoms with van der Waals surface area (Å²) in [5.41, 5.74) is 0.671. The Kier molecular flexibility index (Phi) is 3.48. The number of halogens is 1. The van der Waals surface area contributed by atoms with E-state index in [-0.39, 0.29) is 30.1 Å². The van der Waals surface area contributed by atoms with Gasteiger partial charge >= 0.3 is 5.97 Å². The molecule has 2 unspecified atom stereocenters. The van der Waals surface area contributed by atoms with Crippen LogP contribution in [0.25, 0.3) is 0 Å². The SMILES string of the molecule is CC(C)(C)Cc1cc2c(cc1F)C1(CNC(C(=O)O)C1)C(=O)N2. The standard InChI is InChI=1S/C17H21FN2O3/c1-16(2,3)6-9-4-12-10(5-11(9)18)17(15(23)20-12)7-13(14(21)22)19-8-17/h4-5,13,19H,6-8H2,1-3H3,(H,20,23)(H,21,22). The van der Waals surface area contributed by atoms with Crippen LogP contribution in [0.15, 0.2) is 12.1 Å². The fourth-order valence-electron chi connectivity index (χ4n) is 3.53. The third-order valence-corrected chi connectivity index (χ3v) is 4.61. The Balaban J connectivity index is 2.00. The minimum absolute atomic E-state index is 0.0707. The second-order valence-corrected chi connectivity index (χ2v) is 7.74. The van der Waals surface area contributed by atoms with Gasteiger partial charge in [0.2, 0.25) is 5.91 Å². The van der Waals surface area contributed by atoms with Crippen LogP contribution < -0.4 is 10.6 Å². The molecule has 2 heterocycles. The molecule has 23 heavy (non-hydrogen) atoms. The molecule has 2 aliphatic heterocycles. The summed E-state index contributed by atoms with van der Waals surface area (Å²) in [5.74, 6) is -1.59. The molecule has 0 radical (unpaired) electrons. The number of carboxylic acids is 1. The first-order valence-electron chi connectivity index (χ1n) is 7.73. The van der Waals surface area contributed by atoms with Crippen molar-refractivity contribution in [1.29, 1.82) is 0 Å². The fraction of sp³-hybridized carbons (Fsp3) is 0.529. The fourth-order valence-corrected chi connectivity index (χ4v) is 3.53. The van der Waals surface area contributed by atoms with E-state index in [1.165, 1.54) is 6.07 Å². The van der Waals surface area contributed by atoms with Crippen molar-refractivity contribution in [1.82, 2.24) is 5.32 Å². The molecular weight excluding hydrogens is 299 g/mol. The summed E-state index contributed by atoms with van der Waals surface area (Å²) in [6.45, 7) is 6.29. The Morgan fingerprint density at radius 2 is 2.13 bits per heavy atom. The number of amides is 1. The Hall–Kier alpha value is -1.95. The normalized spacial score (nSPS) is 26.4. The van der Waals surface area contributed by atoms with Gasteiger partial charge in [-0.1, -0.05) is 20.8 Å². The Labute approximate surface area is 134 Å². The van der Waals surface area contributed by atoms with Gasteiger partial charge in [0.25, 0.3) is 0 Å².